The molecule has 0 spiro atoms. The number of rotatable bonds is 7. The highest BCUT2D eigenvalue weighted by atomic mass is 32.2. The maximum Gasteiger partial charge on any atom is 0.263 e. The monoisotopic (exact) mass is 416 g/mol. The fourth-order valence-corrected chi connectivity index (χ4v) is 4.30. The molecular formula is C20H24N4O4S. The molecule has 0 saturated carbocycles. The summed E-state index contributed by atoms with van der Waals surface area (Å²) in [6.07, 6.45) is 2.32. The first-order chi connectivity index (χ1) is 13.9. The second-order valence-electron chi connectivity index (χ2n) is 6.80. The van der Waals surface area contributed by atoms with Crippen molar-refractivity contribution in [3.63, 3.8) is 0 Å². The summed E-state index contributed by atoms with van der Waals surface area (Å²) >= 11 is 0. The number of fused-ring (bicyclic) bond motifs is 1. The van der Waals surface area contributed by atoms with Gasteiger partial charge in [0.15, 0.2) is 0 Å². The summed E-state index contributed by atoms with van der Waals surface area (Å²) in [6.45, 7) is 4.10. The van der Waals surface area contributed by atoms with E-state index in [9.17, 15) is 13.2 Å². The molecule has 29 heavy (non-hydrogen) atoms. The van der Waals surface area contributed by atoms with Crippen molar-refractivity contribution in [3.05, 3.63) is 53.7 Å². The number of nitrogens with one attached hydrogen (secondary N) is 2. The van der Waals surface area contributed by atoms with Crippen LogP contribution in [0.5, 0.6) is 5.88 Å². The number of benzene rings is 1. The van der Waals surface area contributed by atoms with Crippen LogP contribution in [0.3, 0.4) is 0 Å². The summed E-state index contributed by atoms with van der Waals surface area (Å²) in [5, 5.41) is 2.86. The Morgan fingerprint density at radius 1 is 1.28 bits per heavy atom. The van der Waals surface area contributed by atoms with E-state index in [1.807, 2.05) is 19.9 Å². The molecule has 1 aromatic carbocycles. The van der Waals surface area contributed by atoms with Crippen LogP contribution in [0.15, 0.2) is 52.5 Å². The number of pyridine rings is 1. The summed E-state index contributed by atoms with van der Waals surface area (Å²) in [5.74, 6) is 0.258. The summed E-state index contributed by atoms with van der Waals surface area (Å²) in [6, 6.07) is 9.43. The number of aromatic nitrogens is 1. The maximum atomic E-state index is 12.9. The van der Waals surface area contributed by atoms with Gasteiger partial charge in [-0.25, -0.2) is 13.4 Å². The van der Waals surface area contributed by atoms with E-state index in [4.69, 9.17) is 4.74 Å². The van der Waals surface area contributed by atoms with Gasteiger partial charge in [-0.2, -0.15) is 0 Å². The zero-order valence-corrected chi connectivity index (χ0v) is 17.4. The Labute approximate surface area is 170 Å². The standard InChI is InChI=1S/C20H24N4O4S/c1-4-13(2)17(19(25)22-12-14-8-7-11-21-20(14)28-3)23-18-15-9-5-6-10-16(15)29(26,27)24-18/h5-11,13,17H,4,12H2,1-3H3,(H,22,25)(H,23,24)/t13-,17-/m0/s1. The van der Waals surface area contributed by atoms with Gasteiger partial charge >= 0.3 is 0 Å². The van der Waals surface area contributed by atoms with Gasteiger partial charge in [-0.05, 0) is 24.1 Å². The van der Waals surface area contributed by atoms with Crippen LogP contribution in [0, 0.1) is 5.92 Å². The van der Waals surface area contributed by atoms with E-state index in [1.54, 1.807) is 30.5 Å². The van der Waals surface area contributed by atoms with Crippen molar-refractivity contribution in [1.29, 1.82) is 0 Å². The summed E-state index contributed by atoms with van der Waals surface area (Å²) < 4.78 is 32.3. The number of carbonyl (C=O) groups is 1. The second-order valence-corrected chi connectivity index (χ2v) is 8.45. The van der Waals surface area contributed by atoms with Crippen molar-refractivity contribution in [2.45, 2.75) is 37.8 Å². The van der Waals surface area contributed by atoms with Gasteiger partial charge in [-0.3, -0.25) is 14.5 Å². The number of methoxy groups -OCH3 is 1. The van der Waals surface area contributed by atoms with Crippen molar-refractivity contribution >= 4 is 21.8 Å². The van der Waals surface area contributed by atoms with Crippen LogP contribution in [0.2, 0.25) is 0 Å². The minimum atomic E-state index is -3.66. The maximum absolute atomic E-state index is 12.9. The van der Waals surface area contributed by atoms with Crippen molar-refractivity contribution in [2.75, 3.05) is 7.11 Å². The number of carbonyl (C=O) groups excluding carboxylic acids is 1. The van der Waals surface area contributed by atoms with Crippen LogP contribution in [-0.4, -0.2) is 38.3 Å². The zero-order chi connectivity index (χ0) is 21.0. The molecule has 8 nitrogen and oxygen atoms in total. The molecule has 0 unspecified atom stereocenters. The predicted molar refractivity (Wildman–Crippen MR) is 109 cm³/mol. The van der Waals surface area contributed by atoms with Crippen molar-refractivity contribution in [2.24, 2.45) is 10.9 Å². The summed E-state index contributed by atoms with van der Waals surface area (Å²) in [7, 11) is -2.14. The smallest absolute Gasteiger partial charge is 0.263 e. The molecular weight excluding hydrogens is 392 g/mol. The normalized spacial score (nSPS) is 17.8. The van der Waals surface area contributed by atoms with Gasteiger partial charge in [-0.15, -0.1) is 0 Å². The second kappa shape index (κ2) is 8.60. The largest absolute Gasteiger partial charge is 0.481 e. The molecule has 0 aliphatic carbocycles. The number of sulfonamides is 1. The van der Waals surface area contributed by atoms with E-state index in [1.165, 1.54) is 13.2 Å². The number of hydrogen-bond acceptors (Lipinski definition) is 6. The van der Waals surface area contributed by atoms with E-state index in [0.29, 0.717) is 17.9 Å². The van der Waals surface area contributed by atoms with Crippen molar-refractivity contribution < 1.29 is 17.9 Å². The van der Waals surface area contributed by atoms with Gasteiger partial charge in [0.05, 0.1) is 12.0 Å². The van der Waals surface area contributed by atoms with Crippen LogP contribution < -0.4 is 14.8 Å². The Morgan fingerprint density at radius 3 is 2.76 bits per heavy atom. The average molecular weight is 417 g/mol. The minimum Gasteiger partial charge on any atom is -0.481 e. The molecule has 0 radical (unpaired) electrons. The van der Waals surface area contributed by atoms with Crippen LogP contribution in [0.1, 0.15) is 31.4 Å². The van der Waals surface area contributed by atoms with E-state index >= 15 is 0 Å². The first-order valence-corrected chi connectivity index (χ1v) is 10.8. The van der Waals surface area contributed by atoms with E-state index in [0.717, 1.165) is 5.56 Å². The van der Waals surface area contributed by atoms with E-state index in [-0.39, 0.29) is 29.1 Å². The molecule has 3 rings (SSSR count). The lowest BCUT2D eigenvalue weighted by molar-refractivity contribution is -0.123. The van der Waals surface area contributed by atoms with Gasteiger partial charge in [-0.1, -0.05) is 38.5 Å². The molecule has 9 heteroatoms. The summed E-state index contributed by atoms with van der Waals surface area (Å²) in [5.41, 5.74) is 1.22. The van der Waals surface area contributed by atoms with Crippen LogP contribution in [0.25, 0.3) is 0 Å². The fourth-order valence-electron chi connectivity index (χ4n) is 3.07. The number of hydrogen-bond donors (Lipinski definition) is 2. The quantitative estimate of drug-likeness (QED) is 0.716. The molecule has 154 valence electrons. The third-order valence-electron chi connectivity index (χ3n) is 4.88. The first kappa shape index (κ1) is 20.8. The highest BCUT2D eigenvalue weighted by Gasteiger charge is 2.33. The molecule has 2 aromatic rings. The highest BCUT2D eigenvalue weighted by Crippen LogP contribution is 2.24. The molecule has 2 atom stereocenters. The number of ether oxygens (including phenoxy) is 1. The van der Waals surface area contributed by atoms with E-state index in [2.05, 4.69) is 20.0 Å². The van der Waals surface area contributed by atoms with Crippen LogP contribution >= 0.6 is 0 Å². The molecule has 1 aliphatic rings. The molecule has 0 saturated heterocycles. The SMILES string of the molecule is CC[C@H](C)[C@H](N=C1NS(=O)(=O)c2ccccc21)C(=O)NCc1cccnc1OC. The Balaban J connectivity index is 1.86. The fraction of sp³-hybridized carbons (Fsp3) is 0.350. The lowest BCUT2D eigenvalue weighted by atomic mass is 9.98. The van der Waals surface area contributed by atoms with Gasteiger partial charge < -0.3 is 10.1 Å². The summed E-state index contributed by atoms with van der Waals surface area (Å²) in [4.78, 5) is 21.7. The van der Waals surface area contributed by atoms with Crippen LogP contribution in [0.4, 0.5) is 0 Å². The third kappa shape index (κ3) is 4.40. The Morgan fingerprint density at radius 2 is 2.03 bits per heavy atom. The Hall–Kier alpha value is -2.94. The topological polar surface area (TPSA) is 110 Å². The molecule has 1 aromatic heterocycles. The molecule has 1 amide bonds. The average Bonchev–Trinajstić information content (AvgIpc) is 3.00. The number of aliphatic imine (C=N–C) groups is 1. The first-order valence-electron chi connectivity index (χ1n) is 9.33. The molecule has 2 N–H and O–H groups in total. The van der Waals surface area contributed by atoms with E-state index < -0.39 is 16.1 Å². The van der Waals surface area contributed by atoms with Crippen molar-refractivity contribution in [1.82, 2.24) is 15.0 Å². The van der Waals surface area contributed by atoms with Gasteiger partial charge in [0.1, 0.15) is 11.9 Å². The van der Waals surface area contributed by atoms with Gasteiger partial charge in [0, 0.05) is 23.9 Å². The molecule has 0 bridgehead atoms. The number of amidine groups is 1. The Kier molecular flexibility index (Phi) is 6.17. The molecule has 0 fully saturated rings. The van der Waals surface area contributed by atoms with Gasteiger partial charge in [0.2, 0.25) is 11.8 Å². The Bertz CT molecular complexity index is 1040. The highest BCUT2D eigenvalue weighted by molar-refractivity contribution is 7.90. The lowest BCUT2D eigenvalue weighted by Crippen LogP contribution is -2.39. The number of nitrogens with zero attached hydrogens (tertiary/aromatic N) is 2. The zero-order valence-electron chi connectivity index (χ0n) is 16.5. The predicted octanol–water partition coefficient (Wildman–Crippen LogP) is 1.86. The number of amides is 1. The molecule has 1 aliphatic heterocycles. The van der Waals surface area contributed by atoms with Gasteiger partial charge in [0.25, 0.3) is 10.0 Å². The van der Waals surface area contributed by atoms with Crippen LogP contribution in [-0.2, 0) is 21.4 Å². The third-order valence-corrected chi connectivity index (χ3v) is 6.28. The lowest BCUT2D eigenvalue weighted by Gasteiger charge is -2.19. The molecule has 2 heterocycles. The van der Waals surface area contributed by atoms with Crippen molar-refractivity contribution in [3.8, 4) is 5.88 Å². The minimum absolute atomic E-state index is 0.0874.